The lowest BCUT2D eigenvalue weighted by Crippen LogP contribution is -2.30. The largest absolute Gasteiger partial charge is 0.494 e. The molecule has 7 heteroatoms. The summed E-state index contributed by atoms with van der Waals surface area (Å²) < 4.78 is 18.0. The van der Waals surface area contributed by atoms with Crippen LogP contribution in [0.3, 0.4) is 0 Å². The van der Waals surface area contributed by atoms with Gasteiger partial charge in [0.15, 0.2) is 6.10 Å². The van der Waals surface area contributed by atoms with Crippen molar-refractivity contribution >= 4 is 11.9 Å². The maximum atomic E-state index is 12.6. The second-order valence-corrected chi connectivity index (χ2v) is 4.40. The summed E-state index contributed by atoms with van der Waals surface area (Å²) in [5.41, 5.74) is 0. The van der Waals surface area contributed by atoms with Crippen LogP contribution in [0.1, 0.15) is 19.3 Å². The molecule has 1 amide bonds. The van der Waals surface area contributed by atoms with Gasteiger partial charge in [-0.1, -0.05) is 0 Å². The van der Waals surface area contributed by atoms with Crippen LogP contribution in [-0.2, 0) is 9.59 Å². The van der Waals surface area contributed by atoms with E-state index in [0.29, 0.717) is 18.8 Å². The SMILES string of the molecule is O=C(CCCOc1ccc(F)cc1)NCC[C@H](O)C(=O)O. The van der Waals surface area contributed by atoms with E-state index in [-0.39, 0.29) is 31.1 Å². The Morgan fingerprint density at radius 3 is 2.57 bits per heavy atom. The number of rotatable bonds is 9. The number of aliphatic carboxylic acids is 1. The molecule has 0 saturated carbocycles. The third-order valence-corrected chi connectivity index (χ3v) is 2.66. The number of amides is 1. The minimum atomic E-state index is -1.47. The monoisotopic (exact) mass is 299 g/mol. The molecule has 0 spiro atoms. The molecular weight excluding hydrogens is 281 g/mol. The molecule has 0 radical (unpaired) electrons. The molecule has 0 heterocycles. The Morgan fingerprint density at radius 1 is 1.29 bits per heavy atom. The van der Waals surface area contributed by atoms with Gasteiger partial charge in [0.2, 0.25) is 5.91 Å². The van der Waals surface area contributed by atoms with E-state index in [1.54, 1.807) is 0 Å². The Kier molecular flexibility index (Phi) is 7.17. The fourth-order valence-corrected chi connectivity index (χ4v) is 1.51. The van der Waals surface area contributed by atoms with Gasteiger partial charge in [-0.2, -0.15) is 0 Å². The second kappa shape index (κ2) is 8.91. The van der Waals surface area contributed by atoms with Crippen LogP contribution in [0.4, 0.5) is 4.39 Å². The Labute approximate surface area is 121 Å². The topological polar surface area (TPSA) is 95.9 Å². The zero-order valence-corrected chi connectivity index (χ0v) is 11.4. The van der Waals surface area contributed by atoms with Crippen molar-refractivity contribution in [2.24, 2.45) is 0 Å². The molecule has 1 aromatic rings. The molecule has 1 atom stereocenters. The van der Waals surface area contributed by atoms with Gasteiger partial charge in [-0.3, -0.25) is 4.79 Å². The van der Waals surface area contributed by atoms with Crippen LogP contribution in [-0.4, -0.2) is 41.3 Å². The molecule has 21 heavy (non-hydrogen) atoms. The number of nitrogens with one attached hydrogen (secondary N) is 1. The Bertz CT molecular complexity index is 463. The minimum absolute atomic E-state index is 0.0346. The molecule has 1 rings (SSSR count). The number of benzene rings is 1. The highest BCUT2D eigenvalue weighted by atomic mass is 19.1. The van der Waals surface area contributed by atoms with Gasteiger partial charge in [-0.15, -0.1) is 0 Å². The number of aliphatic hydroxyl groups is 1. The molecule has 116 valence electrons. The van der Waals surface area contributed by atoms with E-state index < -0.39 is 12.1 Å². The van der Waals surface area contributed by atoms with Gasteiger partial charge >= 0.3 is 5.97 Å². The standard InChI is InChI=1S/C14H18FNO5/c15-10-3-5-11(6-4-10)21-9-1-2-13(18)16-8-7-12(17)14(19)20/h3-6,12,17H,1-2,7-9H2,(H,16,18)(H,19,20)/t12-/m0/s1. The zero-order chi connectivity index (χ0) is 15.7. The van der Waals surface area contributed by atoms with E-state index in [1.807, 2.05) is 0 Å². The van der Waals surface area contributed by atoms with Crippen molar-refractivity contribution < 1.29 is 28.9 Å². The molecule has 3 N–H and O–H groups in total. The molecule has 0 aliphatic carbocycles. The molecule has 1 aromatic carbocycles. The van der Waals surface area contributed by atoms with Crippen molar-refractivity contribution in [1.29, 1.82) is 0 Å². The van der Waals surface area contributed by atoms with Crippen molar-refractivity contribution in [3.63, 3.8) is 0 Å². The summed E-state index contributed by atoms with van der Waals surface area (Å²) in [6.45, 7) is 0.419. The molecular formula is C14H18FNO5. The summed E-state index contributed by atoms with van der Waals surface area (Å²) in [6, 6.07) is 5.58. The summed E-state index contributed by atoms with van der Waals surface area (Å²) in [7, 11) is 0. The predicted octanol–water partition coefficient (Wildman–Crippen LogP) is 0.936. The van der Waals surface area contributed by atoms with Gasteiger partial charge in [0, 0.05) is 19.4 Å². The Hall–Kier alpha value is -2.15. The fraction of sp³-hybridized carbons (Fsp3) is 0.429. The lowest BCUT2D eigenvalue weighted by Gasteiger charge is -2.08. The maximum absolute atomic E-state index is 12.6. The van der Waals surface area contributed by atoms with Gasteiger partial charge in [0.05, 0.1) is 6.61 Å². The first-order chi connectivity index (χ1) is 9.99. The van der Waals surface area contributed by atoms with Crippen LogP contribution >= 0.6 is 0 Å². The number of carboxylic acids is 1. The first-order valence-electron chi connectivity index (χ1n) is 6.55. The number of aliphatic hydroxyl groups excluding tert-OH is 1. The number of hydrogen-bond donors (Lipinski definition) is 3. The van der Waals surface area contributed by atoms with Crippen molar-refractivity contribution in [2.45, 2.75) is 25.4 Å². The number of carbonyl (C=O) groups is 2. The van der Waals surface area contributed by atoms with Crippen LogP contribution in [0.2, 0.25) is 0 Å². The molecule has 0 unspecified atom stereocenters. The number of carboxylic acid groups (broad SMARTS) is 1. The number of carbonyl (C=O) groups excluding carboxylic acids is 1. The first kappa shape index (κ1) is 16.9. The minimum Gasteiger partial charge on any atom is -0.494 e. The van der Waals surface area contributed by atoms with Gasteiger partial charge < -0.3 is 20.3 Å². The van der Waals surface area contributed by atoms with Crippen molar-refractivity contribution in [2.75, 3.05) is 13.2 Å². The van der Waals surface area contributed by atoms with E-state index in [9.17, 15) is 14.0 Å². The zero-order valence-electron chi connectivity index (χ0n) is 11.4. The summed E-state index contributed by atoms with van der Waals surface area (Å²) in [6.07, 6.45) is -0.797. The Morgan fingerprint density at radius 2 is 1.95 bits per heavy atom. The number of ether oxygens (including phenoxy) is 1. The van der Waals surface area contributed by atoms with Crippen LogP contribution in [0.15, 0.2) is 24.3 Å². The predicted molar refractivity (Wildman–Crippen MR) is 72.4 cm³/mol. The highest BCUT2D eigenvalue weighted by Gasteiger charge is 2.12. The summed E-state index contributed by atoms with van der Waals surface area (Å²) >= 11 is 0. The quantitative estimate of drug-likeness (QED) is 0.590. The van der Waals surface area contributed by atoms with Gasteiger partial charge in [0.25, 0.3) is 0 Å². The van der Waals surface area contributed by atoms with Gasteiger partial charge in [0.1, 0.15) is 11.6 Å². The van der Waals surface area contributed by atoms with Crippen LogP contribution < -0.4 is 10.1 Å². The average molecular weight is 299 g/mol. The Balaban J connectivity index is 2.08. The molecule has 0 aliphatic heterocycles. The van der Waals surface area contributed by atoms with Crippen LogP contribution in [0, 0.1) is 5.82 Å². The number of hydrogen-bond acceptors (Lipinski definition) is 4. The highest BCUT2D eigenvalue weighted by molar-refractivity contribution is 5.76. The van der Waals surface area contributed by atoms with Crippen LogP contribution in [0.5, 0.6) is 5.75 Å². The lowest BCUT2D eigenvalue weighted by atomic mass is 10.2. The van der Waals surface area contributed by atoms with Gasteiger partial charge in [-0.25, -0.2) is 9.18 Å². The molecule has 0 aromatic heterocycles. The van der Waals surface area contributed by atoms with E-state index in [4.69, 9.17) is 14.9 Å². The molecule has 0 fully saturated rings. The summed E-state index contributed by atoms with van der Waals surface area (Å²) in [5, 5.41) is 20.0. The first-order valence-corrected chi connectivity index (χ1v) is 6.55. The highest BCUT2D eigenvalue weighted by Crippen LogP contribution is 2.11. The second-order valence-electron chi connectivity index (χ2n) is 4.40. The normalized spacial score (nSPS) is 11.7. The molecule has 0 aliphatic rings. The van der Waals surface area contributed by atoms with E-state index in [1.165, 1.54) is 24.3 Å². The maximum Gasteiger partial charge on any atom is 0.332 e. The van der Waals surface area contributed by atoms with E-state index in [2.05, 4.69) is 5.32 Å². The average Bonchev–Trinajstić information content (AvgIpc) is 2.45. The van der Waals surface area contributed by atoms with E-state index in [0.717, 1.165) is 0 Å². The molecule has 0 saturated heterocycles. The van der Waals surface area contributed by atoms with Crippen molar-refractivity contribution in [1.82, 2.24) is 5.32 Å². The van der Waals surface area contributed by atoms with Crippen molar-refractivity contribution in [3.05, 3.63) is 30.1 Å². The van der Waals surface area contributed by atoms with Crippen LogP contribution in [0.25, 0.3) is 0 Å². The van der Waals surface area contributed by atoms with E-state index >= 15 is 0 Å². The van der Waals surface area contributed by atoms with Crippen molar-refractivity contribution in [3.8, 4) is 5.75 Å². The van der Waals surface area contributed by atoms with Gasteiger partial charge in [-0.05, 0) is 30.7 Å². The number of halogens is 1. The summed E-state index contributed by atoms with van der Waals surface area (Å²) in [5.74, 6) is -1.36. The third-order valence-electron chi connectivity index (χ3n) is 2.66. The lowest BCUT2D eigenvalue weighted by molar-refractivity contribution is -0.147. The third kappa shape index (κ3) is 7.26. The molecule has 6 nitrogen and oxygen atoms in total. The molecule has 0 bridgehead atoms. The fourth-order valence-electron chi connectivity index (χ4n) is 1.51. The summed E-state index contributed by atoms with van der Waals surface area (Å²) in [4.78, 5) is 21.7. The smallest absolute Gasteiger partial charge is 0.332 e.